The molecular weight excluding hydrogens is 198 g/mol. The third kappa shape index (κ3) is 2.99. The Hall–Kier alpha value is -1.16. The smallest absolute Gasteiger partial charge is 0.263 e. The number of halogens is 3. The van der Waals surface area contributed by atoms with Gasteiger partial charge in [0.1, 0.15) is 5.84 Å². The minimum absolute atomic E-state index is 0. The first-order valence-corrected chi connectivity index (χ1v) is 3.34. The fourth-order valence-electron chi connectivity index (χ4n) is 0.842. The molecule has 1 rings (SSSR count). The Labute approximate surface area is 80.7 Å². The van der Waals surface area contributed by atoms with Gasteiger partial charge in [-0.05, 0) is 6.07 Å². The van der Waals surface area contributed by atoms with E-state index in [0.717, 1.165) is 0 Å². The molecule has 0 amide bonds. The summed E-state index contributed by atoms with van der Waals surface area (Å²) in [5.41, 5.74) is 5.34. The monoisotopic (exact) mass is 206 g/mol. The van der Waals surface area contributed by atoms with Crippen LogP contribution >= 0.6 is 12.4 Å². The second-order valence-corrected chi connectivity index (χ2v) is 2.34. The Morgan fingerprint density at radius 2 is 2.00 bits per heavy atom. The lowest BCUT2D eigenvalue weighted by molar-refractivity contribution is 0.151. The van der Waals surface area contributed by atoms with Gasteiger partial charge in [-0.15, -0.1) is 12.4 Å². The van der Waals surface area contributed by atoms with Crippen molar-refractivity contribution in [2.45, 2.75) is 6.43 Å². The van der Waals surface area contributed by atoms with Crippen LogP contribution in [0.5, 0.6) is 0 Å². The number of hydrogen-bond donors (Lipinski definition) is 2. The fourth-order valence-corrected chi connectivity index (χ4v) is 0.842. The quantitative estimate of drug-likeness (QED) is 0.566. The minimum atomic E-state index is -2.51. The summed E-state index contributed by atoms with van der Waals surface area (Å²) in [5.74, 6) is -0.197. The average Bonchev–Trinajstić information content (AvgIpc) is 2.04. The largest absolute Gasteiger partial charge is 0.384 e. The molecule has 0 saturated carbocycles. The first kappa shape index (κ1) is 11.8. The van der Waals surface area contributed by atoms with E-state index in [1.165, 1.54) is 24.3 Å². The maximum Gasteiger partial charge on any atom is 0.263 e. The van der Waals surface area contributed by atoms with Crippen LogP contribution in [0.3, 0.4) is 0 Å². The zero-order valence-corrected chi connectivity index (χ0v) is 7.44. The van der Waals surface area contributed by atoms with Crippen molar-refractivity contribution in [2.75, 3.05) is 0 Å². The van der Waals surface area contributed by atoms with Crippen LogP contribution in [0.2, 0.25) is 0 Å². The van der Waals surface area contributed by atoms with Crippen LogP contribution < -0.4 is 5.73 Å². The van der Waals surface area contributed by atoms with Gasteiger partial charge in [0.05, 0.1) is 0 Å². The topological polar surface area (TPSA) is 49.9 Å². The van der Waals surface area contributed by atoms with Gasteiger partial charge in [0.2, 0.25) is 0 Å². The molecule has 5 heteroatoms. The molecular formula is C8H9ClF2N2. The highest BCUT2D eigenvalue weighted by atomic mass is 35.5. The number of benzene rings is 1. The van der Waals surface area contributed by atoms with Crippen molar-refractivity contribution in [3.8, 4) is 0 Å². The van der Waals surface area contributed by atoms with Crippen molar-refractivity contribution in [3.63, 3.8) is 0 Å². The van der Waals surface area contributed by atoms with Crippen molar-refractivity contribution in [1.82, 2.24) is 0 Å². The average molecular weight is 207 g/mol. The van der Waals surface area contributed by atoms with E-state index in [-0.39, 0.29) is 23.8 Å². The van der Waals surface area contributed by atoms with Gasteiger partial charge in [0.15, 0.2) is 0 Å². The van der Waals surface area contributed by atoms with Crippen molar-refractivity contribution >= 4 is 18.2 Å². The van der Waals surface area contributed by atoms with Gasteiger partial charge < -0.3 is 5.73 Å². The van der Waals surface area contributed by atoms with Gasteiger partial charge >= 0.3 is 0 Å². The number of alkyl halides is 2. The van der Waals surface area contributed by atoms with Crippen LogP contribution in [0.4, 0.5) is 8.78 Å². The van der Waals surface area contributed by atoms with Crippen LogP contribution in [-0.2, 0) is 0 Å². The summed E-state index contributed by atoms with van der Waals surface area (Å²) in [5, 5.41) is 7.01. The van der Waals surface area contributed by atoms with Gasteiger partial charge in [-0.25, -0.2) is 8.78 Å². The molecule has 0 fully saturated rings. The molecule has 72 valence electrons. The molecule has 1 aromatic carbocycles. The number of rotatable bonds is 2. The summed E-state index contributed by atoms with van der Waals surface area (Å²) in [6.45, 7) is 0. The molecule has 0 spiro atoms. The number of nitrogens with two attached hydrogens (primary N) is 1. The van der Waals surface area contributed by atoms with Crippen LogP contribution in [0.15, 0.2) is 24.3 Å². The highest BCUT2D eigenvalue weighted by Crippen LogP contribution is 2.18. The zero-order valence-electron chi connectivity index (χ0n) is 6.63. The van der Waals surface area contributed by atoms with E-state index in [4.69, 9.17) is 11.1 Å². The zero-order chi connectivity index (χ0) is 9.14. The highest BCUT2D eigenvalue weighted by molar-refractivity contribution is 5.95. The second kappa shape index (κ2) is 4.77. The normalized spacial score (nSPS) is 9.46. The Morgan fingerprint density at radius 1 is 1.38 bits per heavy atom. The lowest BCUT2D eigenvalue weighted by Gasteiger charge is -2.01. The van der Waals surface area contributed by atoms with Gasteiger partial charge in [0.25, 0.3) is 6.43 Å². The Morgan fingerprint density at radius 3 is 2.46 bits per heavy atom. The van der Waals surface area contributed by atoms with Gasteiger partial charge in [-0.1, -0.05) is 18.2 Å². The van der Waals surface area contributed by atoms with Crippen LogP contribution in [0.25, 0.3) is 0 Å². The van der Waals surface area contributed by atoms with E-state index in [2.05, 4.69) is 0 Å². The van der Waals surface area contributed by atoms with E-state index >= 15 is 0 Å². The van der Waals surface area contributed by atoms with Crippen molar-refractivity contribution < 1.29 is 8.78 Å². The molecule has 3 N–H and O–H groups in total. The van der Waals surface area contributed by atoms with E-state index in [9.17, 15) is 8.78 Å². The molecule has 0 saturated heterocycles. The Balaban J connectivity index is 0.00000144. The molecule has 0 aliphatic heterocycles. The Kier molecular flexibility index (Phi) is 4.34. The standard InChI is InChI=1S/C8H8F2N2.ClH/c9-7(10)5-2-1-3-6(4-5)8(11)12;/h1-4,7H,(H3,11,12);1H. The SMILES string of the molecule is Cl.N=C(N)c1cccc(C(F)F)c1. The van der Waals surface area contributed by atoms with E-state index in [1.54, 1.807) is 0 Å². The predicted molar refractivity (Wildman–Crippen MR) is 49.7 cm³/mol. The van der Waals surface area contributed by atoms with Crippen LogP contribution in [-0.4, -0.2) is 5.84 Å². The number of nitrogens with one attached hydrogen (secondary N) is 1. The summed E-state index contributed by atoms with van der Waals surface area (Å²) in [6.07, 6.45) is -2.51. The van der Waals surface area contributed by atoms with Crippen molar-refractivity contribution in [3.05, 3.63) is 35.4 Å². The fraction of sp³-hybridized carbons (Fsp3) is 0.125. The first-order chi connectivity index (χ1) is 5.61. The number of hydrogen-bond acceptors (Lipinski definition) is 1. The van der Waals surface area contributed by atoms with E-state index < -0.39 is 6.43 Å². The molecule has 13 heavy (non-hydrogen) atoms. The van der Waals surface area contributed by atoms with Gasteiger partial charge in [-0.3, -0.25) is 5.41 Å². The molecule has 0 radical (unpaired) electrons. The predicted octanol–water partition coefficient (Wildman–Crippen LogP) is 2.33. The van der Waals surface area contributed by atoms with E-state index in [1.807, 2.05) is 0 Å². The molecule has 0 aliphatic rings. The van der Waals surface area contributed by atoms with Crippen molar-refractivity contribution in [2.24, 2.45) is 5.73 Å². The molecule has 0 bridgehead atoms. The highest BCUT2D eigenvalue weighted by Gasteiger charge is 2.07. The van der Waals surface area contributed by atoms with Gasteiger partial charge in [-0.2, -0.15) is 0 Å². The van der Waals surface area contributed by atoms with Crippen molar-refractivity contribution in [1.29, 1.82) is 5.41 Å². The maximum atomic E-state index is 12.1. The van der Waals surface area contributed by atoms with E-state index in [0.29, 0.717) is 5.56 Å². The summed E-state index contributed by atoms with van der Waals surface area (Å²) in [4.78, 5) is 0. The molecule has 1 aromatic rings. The summed E-state index contributed by atoms with van der Waals surface area (Å²) in [6, 6.07) is 5.50. The lowest BCUT2D eigenvalue weighted by atomic mass is 10.1. The molecule has 0 atom stereocenters. The lowest BCUT2D eigenvalue weighted by Crippen LogP contribution is -2.11. The number of nitrogen functional groups attached to an aromatic ring is 1. The first-order valence-electron chi connectivity index (χ1n) is 3.34. The molecule has 0 aliphatic carbocycles. The number of amidine groups is 1. The summed E-state index contributed by atoms with van der Waals surface area (Å²) >= 11 is 0. The maximum absolute atomic E-state index is 12.1. The second-order valence-electron chi connectivity index (χ2n) is 2.34. The van der Waals surface area contributed by atoms with Crippen LogP contribution in [0.1, 0.15) is 17.6 Å². The molecule has 0 heterocycles. The Bertz CT molecular complexity index is 302. The minimum Gasteiger partial charge on any atom is -0.384 e. The van der Waals surface area contributed by atoms with Crippen LogP contribution in [0, 0.1) is 5.41 Å². The molecule has 2 nitrogen and oxygen atoms in total. The third-order valence-electron chi connectivity index (χ3n) is 1.45. The third-order valence-corrected chi connectivity index (χ3v) is 1.45. The molecule has 0 aromatic heterocycles. The van der Waals surface area contributed by atoms with Gasteiger partial charge in [0, 0.05) is 11.1 Å². The molecule has 0 unspecified atom stereocenters. The summed E-state index contributed by atoms with van der Waals surface area (Å²) in [7, 11) is 0. The summed E-state index contributed by atoms with van der Waals surface area (Å²) < 4.78 is 24.2.